The van der Waals surface area contributed by atoms with Crippen LogP contribution in [0.3, 0.4) is 0 Å². The summed E-state index contributed by atoms with van der Waals surface area (Å²) >= 11 is 8.09. The molecule has 4 heteroatoms. The number of nitrogens with one attached hydrogen (secondary N) is 1. The van der Waals surface area contributed by atoms with Crippen LogP contribution in [0.5, 0.6) is 0 Å². The van der Waals surface area contributed by atoms with Crippen molar-refractivity contribution in [3.63, 3.8) is 0 Å². The van der Waals surface area contributed by atoms with Crippen molar-refractivity contribution in [3.05, 3.63) is 74.5 Å². The zero-order valence-corrected chi connectivity index (χ0v) is 13.8. The summed E-state index contributed by atoms with van der Waals surface area (Å²) in [6.07, 6.45) is 1.72. The molecule has 0 heterocycles. The molecule has 0 bridgehead atoms. The van der Waals surface area contributed by atoms with Gasteiger partial charge in [-0.05, 0) is 64.6 Å². The minimum Gasteiger partial charge on any atom is -0.393 e. The van der Waals surface area contributed by atoms with Crippen LogP contribution in [0.15, 0.2) is 54.7 Å². The molecule has 20 heavy (non-hydrogen) atoms. The molecule has 0 radical (unpaired) electrons. The van der Waals surface area contributed by atoms with E-state index in [0.717, 1.165) is 9.13 Å². The summed E-state index contributed by atoms with van der Waals surface area (Å²) in [7, 11) is 1.78. The van der Waals surface area contributed by atoms with E-state index in [1.807, 2.05) is 24.3 Å². The molecule has 2 nitrogen and oxygen atoms in total. The summed E-state index contributed by atoms with van der Waals surface area (Å²) in [6, 6.07) is 14.8. The molecule has 0 atom stereocenters. The predicted molar refractivity (Wildman–Crippen MR) is 92.0 cm³/mol. The molecule has 0 fully saturated rings. The van der Waals surface area contributed by atoms with Crippen LogP contribution in [0.2, 0.25) is 5.02 Å². The average molecular weight is 398 g/mol. The van der Waals surface area contributed by atoms with Gasteiger partial charge in [-0.15, -0.1) is 0 Å². The SMILES string of the molecule is CN/C=C(/C(=O)c1ccc(Cl)cc1)c1cccc(I)c1. The van der Waals surface area contributed by atoms with Crippen LogP contribution < -0.4 is 5.32 Å². The molecular formula is C16H13ClINO. The number of allylic oxidation sites excluding steroid dienone is 1. The fourth-order valence-corrected chi connectivity index (χ4v) is 2.51. The van der Waals surface area contributed by atoms with Crippen molar-refractivity contribution in [2.75, 3.05) is 7.05 Å². The molecule has 0 aliphatic carbocycles. The lowest BCUT2D eigenvalue weighted by molar-refractivity contribution is 0.105. The zero-order valence-electron chi connectivity index (χ0n) is 10.9. The third-order valence-corrected chi connectivity index (χ3v) is 3.70. The number of ketones is 1. The molecule has 2 aromatic carbocycles. The Morgan fingerprint density at radius 3 is 2.45 bits per heavy atom. The fraction of sp³-hybridized carbons (Fsp3) is 0.0625. The highest BCUT2D eigenvalue weighted by atomic mass is 127. The first-order valence-electron chi connectivity index (χ1n) is 6.05. The standard InChI is InChI=1S/C16H13ClINO/c1-19-10-15(12-3-2-4-14(18)9-12)16(20)11-5-7-13(17)8-6-11/h2-10,19H,1H3/b15-10+. The van der Waals surface area contributed by atoms with Gasteiger partial charge in [-0.3, -0.25) is 4.79 Å². The topological polar surface area (TPSA) is 29.1 Å². The van der Waals surface area contributed by atoms with Gasteiger partial charge in [0.05, 0.1) is 0 Å². The summed E-state index contributed by atoms with van der Waals surface area (Å²) in [6.45, 7) is 0. The third-order valence-electron chi connectivity index (χ3n) is 2.78. The van der Waals surface area contributed by atoms with E-state index in [-0.39, 0.29) is 5.78 Å². The largest absolute Gasteiger partial charge is 0.393 e. The molecule has 102 valence electrons. The van der Waals surface area contributed by atoms with Crippen molar-refractivity contribution < 1.29 is 4.79 Å². The van der Waals surface area contributed by atoms with E-state index in [2.05, 4.69) is 27.9 Å². The van der Waals surface area contributed by atoms with E-state index >= 15 is 0 Å². The van der Waals surface area contributed by atoms with Gasteiger partial charge in [0.2, 0.25) is 0 Å². The van der Waals surface area contributed by atoms with Crippen LogP contribution in [0.4, 0.5) is 0 Å². The molecule has 0 aliphatic rings. The van der Waals surface area contributed by atoms with Crippen molar-refractivity contribution in [1.82, 2.24) is 5.32 Å². The Morgan fingerprint density at radius 2 is 1.85 bits per heavy atom. The van der Waals surface area contributed by atoms with Gasteiger partial charge in [0.15, 0.2) is 5.78 Å². The zero-order chi connectivity index (χ0) is 14.5. The van der Waals surface area contributed by atoms with Gasteiger partial charge in [0.1, 0.15) is 0 Å². The molecule has 0 aliphatic heterocycles. The quantitative estimate of drug-likeness (QED) is 0.471. The highest BCUT2D eigenvalue weighted by molar-refractivity contribution is 14.1. The van der Waals surface area contributed by atoms with Crippen LogP contribution in [0.1, 0.15) is 15.9 Å². The molecule has 0 spiro atoms. The number of carbonyl (C=O) groups excluding carboxylic acids is 1. The van der Waals surface area contributed by atoms with Crippen LogP contribution in [-0.2, 0) is 0 Å². The van der Waals surface area contributed by atoms with Crippen LogP contribution in [-0.4, -0.2) is 12.8 Å². The van der Waals surface area contributed by atoms with Crippen molar-refractivity contribution in [3.8, 4) is 0 Å². The fourth-order valence-electron chi connectivity index (χ4n) is 1.84. The van der Waals surface area contributed by atoms with E-state index in [9.17, 15) is 4.79 Å². The summed E-state index contributed by atoms with van der Waals surface area (Å²) < 4.78 is 1.09. The van der Waals surface area contributed by atoms with Crippen molar-refractivity contribution in [2.24, 2.45) is 0 Å². The Kier molecular flexibility index (Phi) is 5.20. The number of carbonyl (C=O) groups is 1. The molecule has 2 rings (SSSR count). The van der Waals surface area contributed by atoms with Gasteiger partial charge >= 0.3 is 0 Å². The summed E-state index contributed by atoms with van der Waals surface area (Å²) in [5.41, 5.74) is 2.15. The minimum atomic E-state index is -0.0296. The van der Waals surface area contributed by atoms with Gasteiger partial charge in [-0.1, -0.05) is 23.7 Å². The van der Waals surface area contributed by atoms with Crippen molar-refractivity contribution >= 4 is 45.5 Å². The van der Waals surface area contributed by atoms with Gasteiger partial charge < -0.3 is 5.32 Å². The number of hydrogen-bond donors (Lipinski definition) is 1. The number of Topliss-reactive ketones (excluding diaryl/α,β-unsaturated/α-hetero) is 1. The monoisotopic (exact) mass is 397 g/mol. The molecule has 0 aromatic heterocycles. The lowest BCUT2D eigenvalue weighted by Crippen LogP contribution is -2.07. The number of rotatable bonds is 4. The number of benzene rings is 2. The maximum atomic E-state index is 12.6. The molecule has 1 N–H and O–H groups in total. The van der Waals surface area contributed by atoms with Crippen molar-refractivity contribution in [2.45, 2.75) is 0 Å². The number of halogens is 2. The first kappa shape index (κ1) is 15.1. The summed E-state index contributed by atoms with van der Waals surface area (Å²) in [5, 5.41) is 3.56. The Labute approximate surface area is 137 Å². The van der Waals surface area contributed by atoms with Gasteiger partial charge in [0.25, 0.3) is 0 Å². The normalized spacial score (nSPS) is 11.2. The second-order valence-electron chi connectivity index (χ2n) is 4.19. The highest BCUT2D eigenvalue weighted by Gasteiger charge is 2.14. The molecule has 0 saturated heterocycles. The maximum Gasteiger partial charge on any atom is 0.195 e. The van der Waals surface area contributed by atoms with Crippen LogP contribution >= 0.6 is 34.2 Å². The van der Waals surface area contributed by atoms with E-state index in [0.29, 0.717) is 16.2 Å². The smallest absolute Gasteiger partial charge is 0.195 e. The first-order chi connectivity index (χ1) is 9.61. The highest BCUT2D eigenvalue weighted by Crippen LogP contribution is 2.22. The third kappa shape index (κ3) is 3.61. The number of hydrogen-bond acceptors (Lipinski definition) is 2. The lowest BCUT2D eigenvalue weighted by atomic mass is 9.97. The van der Waals surface area contributed by atoms with Crippen LogP contribution in [0, 0.1) is 3.57 Å². The average Bonchev–Trinajstić information content (AvgIpc) is 2.45. The Morgan fingerprint density at radius 1 is 1.15 bits per heavy atom. The lowest BCUT2D eigenvalue weighted by Gasteiger charge is -2.08. The van der Waals surface area contributed by atoms with Crippen LogP contribution in [0.25, 0.3) is 5.57 Å². The predicted octanol–water partition coefficient (Wildman–Crippen LogP) is 4.39. The second kappa shape index (κ2) is 6.90. The Bertz CT molecular complexity index is 650. The van der Waals surface area contributed by atoms with Gasteiger partial charge in [-0.25, -0.2) is 0 Å². The van der Waals surface area contributed by atoms with E-state index in [1.165, 1.54) is 0 Å². The van der Waals surface area contributed by atoms with Gasteiger partial charge in [-0.2, -0.15) is 0 Å². The molecule has 0 unspecified atom stereocenters. The maximum absolute atomic E-state index is 12.6. The Balaban J connectivity index is 2.41. The molecule has 0 saturated carbocycles. The summed E-state index contributed by atoms with van der Waals surface area (Å²) in [4.78, 5) is 12.6. The van der Waals surface area contributed by atoms with Crippen molar-refractivity contribution in [1.29, 1.82) is 0 Å². The van der Waals surface area contributed by atoms with E-state index in [4.69, 9.17) is 11.6 Å². The van der Waals surface area contributed by atoms with E-state index < -0.39 is 0 Å². The molecule has 2 aromatic rings. The molecular weight excluding hydrogens is 385 g/mol. The van der Waals surface area contributed by atoms with E-state index in [1.54, 1.807) is 37.5 Å². The first-order valence-corrected chi connectivity index (χ1v) is 7.51. The summed E-state index contributed by atoms with van der Waals surface area (Å²) in [5.74, 6) is -0.0296. The Hall–Kier alpha value is -1.33. The second-order valence-corrected chi connectivity index (χ2v) is 5.88. The molecule has 0 amide bonds. The minimum absolute atomic E-state index is 0.0296. The van der Waals surface area contributed by atoms with Gasteiger partial charge in [0, 0.05) is 33.0 Å².